The van der Waals surface area contributed by atoms with Crippen molar-refractivity contribution in [3.05, 3.63) is 68.3 Å². The fourth-order valence-corrected chi connectivity index (χ4v) is 3.26. The minimum Gasteiger partial charge on any atom is -0.465 e. The van der Waals surface area contributed by atoms with Crippen LogP contribution < -0.4 is 9.80 Å². The zero-order chi connectivity index (χ0) is 20.3. The van der Waals surface area contributed by atoms with Crippen LogP contribution in [0.25, 0.3) is 0 Å². The number of para-hydroxylation sites is 2. The van der Waals surface area contributed by atoms with Gasteiger partial charge in [0.1, 0.15) is 5.69 Å². The molecule has 0 unspecified atom stereocenters. The average molecular weight is 386 g/mol. The molecule has 0 radical (unpaired) electrons. The number of esters is 1. The van der Waals surface area contributed by atoms with E-state index in [0.717, 1.165) is 0 Å². The number of anilines is 2. The topological polar surface area (TPSA) is 119 Å². The van der Waals surface area contributed by atoms with E-state index in [9.17, 15) is 25.0 Å². The highest BCUT2D eigenvalue weighted by Gasteiger charge is 2.26. The molecule has 10 nitrogen and oxygen atoms in total. The van der Waals surface area contributed by atoms with Crippen molar-refractivity contribution in [2.24, 2.45) is 0 Å². The van der Waals surface area contributed by atoms with Crippen molar-refractivity contribution in [3.63, 3.8) is 0 Å². The van der Waals surface area contributed by atoms with Crippen LogP contribution in [0.15, 0.2) is 42.5 Å². The molecule has 28 heavy (non-hydrogen) atoms. The molecule has 2 aromatic rings. The quantitative estimate of drug-likeness (QED) is 0.437. The Bertz CT molecular complexity index is 924. The Labute approximate surface area is 160 Å². The molecule has 0 spiro atoms. The highest BCUT2D eigenvalue weighted by atomic mass is 16.6. The Morgan fingerprint density at radius 3 is 2.11 bits per heavy atom. The maximum atomic E-state index is 12.1. The van der Waals surface area contributed by atoms with Crippen molar-refractivity contribution in [2.75, 3.05) is 43.1 Å². The highest BCUT2D eigenvalue weighted by molar-refractivity contribution is 5.96. The van der Waals surface area contributed by atoms with Gasteiger partial charge in [-0.1, -0.05) is 12.1 Å². The number of non-ortho nitro benzene ring substituents is 1. The zero-order valence-electron chi connectivity index (χ0n) is 15.1. The van der Waals surface area contributed by atoms with Crippen LogP contribution in [0.4, 0.5) is 22.7 Å². The number of benzene rings is 2. The van der Waals surface area contributed by atoms with Crippen molar-refractivity contribution >= 4 is 28.7 Å². The summed E-state index contributed by atoms with van der Waals surface area (Å²) in [6.45, 7) is 1.99. The summed E-state index contributed by atoms with van der Waals surface area (Å²) in [5, 5.41) is 22.3. The predicted octanol–water partition coefficient (Wildman–Crippen LogP) is 2.62. The molecule has 1 aliphatic rings. The van der Waals surface area contributed by atoms with Gasteiger partial charge in [-0.2, -0.15) is 0 Å². The van der Waals surface area contributed by atoms with Crippen LogP contribution in [0.5, 0.6) is 0 Å². The summed E-state index contributed by atoms with van der Waals surface area (Å²) in [6.07, 6.45) is 0. The molecular weight excluding hydrogens is 368 g/mol. The smallest absolute Gasteiger partial charge is 0.340 e. The lowest BCUT2D eigenvalue weighted by molar-refractivity contribution is -0.384. The third-order valence-corrected chi connectivity index (χ3v) is 4.64. The standard InChI is InChI=1S/C18H18N4O6/c1-28-18(23)14-12-13(21(24)25)6-7-15(14)19-8-10-20(11-9-19)16-4-2-3-5-17(16)22(26)27/h2-7,12H,8-11H2,1H3. The van der Waals surface area contributed by atoms with Crippen LogP contribution in [0.3, 0.4) is 0 Å². The van der Waals surface area contributed by atoms with Gasteiger partial charge in [0.2, 0.25) is 0 Å². The number of piperazine rings is 1. The molecule has 1 fully saturated rings. The second-order valence-corrected chi connectivity index (χ2v) is 6.17. The van der Waals surface area contributed by atoms with Crippen molar-refractivity contribution in [2.45, 2.75) is 0 Å². The monoisotopic (exact) mass is 386 g/mol. The maximum Gasteiger partial charge on any atom is 0.340 e. The van der Waals surface area contributed by atoms with Crippen LogP contribution >= 0.6 is 0 Å². The Morgan fingerprint density at radius 2 is 1.54 bits per heavy atom. The second-order valence-electron chi connectivity index (χ2n) is 6.17. The van der Waals surface area contributed by atoms with Crippen molar-refractivity contribution < 1.29 is 19.4 Å². The molecule has 0 bridgehead atoms. The van der Waals surface area contributed by atoms with E-state index in [0.29, 0.717) is 37.6 Å². The lowest BCUT2D eigenvalue weighted by Crippen LogP contribution is -2.47. The lowest BCUT2D eigenvalue weighted by atomic mass is 10.1. The molecule has 0 atom stereocenters. The molecule has 1 aliphatic heterocycles. The molecule has 1 heterocycles. The van der Waals surface area contributed by atoms with Gasteiger partial charge in [-0.3, -0.25) is 20.2 Å². The van der Waals surface area contributed by atoms with E-state index in [1.54, 1.807) is 18.2 Å². The van der Waals surface area contributed by atoms with E-state index in [4.69, 9.17) is 4.74 Å². The first-order valence-electron chi connectivity index (χ1n) is 8.52. The Kier molecular flexibility index (Phi) is 5.39. The van der Waals surface area contributed by atoms with Gasteiger partial charge in [0, 0.05) is 44.4 Å². The van der Waals surface area contributed by atoms with Gasteiger partial charge in [-0.15, -0.1) is 0 Å². The van der Waals surface area contributed by atoms with Gasteiger partial charge >= 0.3 is 5.97 Å². The predicted molar refractivity (Wildman–Crippen MR) is 102 cm³/mol. The lowest BCUT2D eigenvalue weighted by Gasteiger charge is -2.37. The first-order chi connectivity index (χ1) is 13.4. The van der Waals surface area contributed by atoms with Crippen LogP contribution in [-0.2, 0) is 4.74 Å². The Hall–Kier alpha value is -3.69. The van der Waals surface area contributed by atoms with Crippen LogP contribution in [0.1, 0.15) is 10.4 Å². The normalized spacial score (nSPS) is 13.9. The summed E-state index contributed by atoms with van der Waals surface area (Å²) in [5.41, 5.74) is 1.06. The second kappa shape index (κ2) is 7.91. The molecule has 0 aromatic heterocycles. The average Bonchev–Trinajstić information content (AvgIpc) is 2.72. The fraction of sp³-hybridized carbons (Fsp3) is 0.278. The fourth-order valence-electron chi connectivity index (χ4n) is 3.26. The first-order valence-corrected chi connectivity index (χ1v) is 8.52. The SMILES string of the molecule is COC(=O)c1cc([N+](=O)[O-])ccc1N1CCN(c2ccccc2[N+](=O)[O-])CC1. The van der Waals surface area contributed by atoms with Gasteiger partial charge in [0.15, 0.2) is 0 Å². The summed E-state index contributed by atoms with van der Waals surface area (Å²) in [7, 11) is 1.22. The summed E-state index contributed by atoms with van der Waals surface area (Å²) >= 11 is 0. The van der Waals surface area contributed by atoms with E-state index >= 15 is 0 Å². The summed E-state index contributed by atoms with van der Waals surface area (Å²) in [6, 6.07) is 10.6. The summed E-state index contributed by atoms with van der Waals surface area (Å²) in [4.78, 5) is 37.2. The van der Waals surface area contributed by atoms with E-state index < -0.39 is 15.8 Å². The molecule has 0 N–H and O–H groups in total. The van der Waals surface area contributed by atoms with Crippen molar-refractivity contribution in [3.8, 4) is 0 Å². The Morgan fingerprint density at radius 1 is 0.929 bits per heavy atom. The largest absolute Gasteiger partial charge is 0.465 e. The van der Waals surface area contributed by atoms with Gasteiger partial charge < -0.3 is 14.5 Å². The summed E-state index contributed by atoms with van der Waals surface area (Å²) < 4.78 is 4.76. The number of hydrogen-bond donors (Lipinski definition) is 0. The number of methoxy groups -OCH3 is 1. The molecule has 2 aromatic carbocycles. The zero-order valence-corrected chi connectivity index (χ0v) is 15.1. The van der Waals surface area contributed by atoms with Crippen LogP contribution in [0.2, 0.25) is 0 Å². The molecule has 146 valence electrons. The molecule has 1 saturated heterocycles. The minimum atomic E-state index is -0.653. The van der Waals surface area contributed by atoms with Crippen molar-refractivity contribution in [1.82, 2.24) is 0 Å². The van der Waals surface area contributed by atoms with Crippen LogP contribution in [0, 0.1) is 20.2 Å². The minimum absolute atomic E-state index is 0.0431. The number of carbonyl (C=O) groups excluding carboxylic acids is 1. The molecule has 10 heteroatoms. The number of nitro groups is 2. The molecule has 3 rings (SSSR count). The maximum absolute atomic E-state index is 12.1. The van der Waals surface area contributed by atoms with E-state index in [2.05, 4.69) is 0 Å². The van der Waals surface area contributed by atoms with Gasteiger partial charge in [0.25, 0.3) is 11.4 Å². The van der Waals surface area contributed by atoms with Gasteiger partial charge in [-0.25, -0.2) is 4.79 Å². The van der Waals surface area contributed by atoms with E-state index in [1.807, 2.05) is 9.80 Å². The third kappa shape index (κ3) is 3.70. The third-order valence-electron chi connectivity index (χ3n) is 4.64. The number of carbonyl (C=O) groups is 1. The highest BCUT2D eigenvalue weighted by Crippen LogP contribution is 2.31. The summed E-state index contributed by atoms with van der Waals surface area (Å²) in [5.74, 6) is -0.653. The van der Waals surface area contributed by atoms with Gasteiger partial charge in [-0.05, 0) is 12.1 Å². The van der Waals surface area contributed by atoms with Crippen LogP contribution in [-0.4, -0.2) is 49.1 Å². The number of nitrogens with zero attached hydrogens (tertiary/aromatic N) is 4. The number of nitro benzene ring substituents is 2. The number of ether oxygens (including phenoxy) is 1. The number of hydrogen-bond acceptors (Lipinski definition) is 8. The van der Waals surface area contributed by atoms with E-state index in [1.165, 1.54) is 31.4 Å². The van der Waals surface area contributed by atoms with Gasteiger partial charge in [0.05, 0.1) is 28.2 Å². The molecule has 0 saturated carbocycles. The molecule has 0 aliphatic carbocycles. The molecule has 0 amide bonds. The van der Waals surface area contributed by atoms with E-state index in [-0.39, 0.29) is 16.9 Å². The Balaban J connectivity index is 1.83. The first kappa shape index (κ1) is 19.1. The molecular formula is C18H18N4O6. The van der Waals surface area contributed by atoms with Crippen molar-refractivity contribution in [1.29, 1.82) is 0 Å². The number of rotatable bonds is 5.